The molecule has 6 N–H and O–H groups in total. The van der Waals surface area contributed by atoms with E-state index in [0.29, 0.717) is 6.42 Å². The minimum atomic E-state index is -5.75. The van der Waals surface area contributed by atoms with Crippen LogP contribution in [0.1, 0.15) is 39.3 Å². The smallest absolute Gasteiger partial charge is 0.390 e. The molecule has 1 aliphatic heterocycles. The maximum absolute atomic E-state index is 12.3. The van der Waals surface area contributed by atoms with Crippen LogP contribution in [-0.2, 0) is 31.6 Å². The second-order valence-corrected chi connectivity index (χ2v) is 11.6. The van der Waals surface area contributed by atoms with E-state index in [-0.39, 0.29) is 12.8 Å². The number of H-pyrrole nitrogens is 1. The molecule has 1 fully saturated rings. The first-order valence-corrected chi connectivity index (χ1v) is 14.2. The molecule has 1 aromatic rings. The lowest BCUT2D eigenvalue weighted by molar-refractivity contribution is -0.0793. The van der Waals surface area contributed by atoms with E-state index in [1.54, 1.807) is 13.0 Å². The van der Waals surface area contributed by atoms with Gasteiger partial charge in [0.2, 0.25) is 0 Å². The third kappa shape index (κ3) is 8.76. The van der Waals surface area contributed by atoms with Gasteiger partial charge in [0.25, 0.3) is 5.56 Å². The van der Waals surface area contributed by atoms with Crippen molar-refractivity contribution >= 4 is 23.5 Å². The van der Waals surface area contributed by atoms with E-state index in [4.69, 9.17) is 19.0 Å². The molecule has 1 aliphatic rings. The SMILES string of the molecule is CCC(C)=CCC(OP(=O)(O)OP(=O)(O)OP(=O)(O)O)[C@H]1O[C@@H](n2ccc(=O)[nH]c2=O)C[C@@H]1O. The number of aromatic nitrogens is 2. The monoisotopic (exact) mass is 550 g/mol. The maximum atomic E-state index is 12.3. The van der Waals surface area contributed by atoms with Gasteiger partial charge in [-0.1, -0.05) is 18.6 Å². The third-order valence-corrected chi connectivity index (χ3v) is 8.47. The van der Waals surface area contributed by atoms with Gasteiger partial charge in [0, 0.05) is 18.7 Å². The lowest BCUT2D eigenvalue weighted by Gasteiger charge is -2.27. The van der Waals surface area contributed by atoms with Crippen LogP contribution in [0.3, 0.4) is 0 Å². The number of aliphatic hydroxyl groups excluding tert-OH is 1. The van der Waals surface area contributed by atoms with Crippen molar-refractivity contribution in [1.82, 2.24) is 9.55 Å². The van der Waals surface area contributed by atoms with Crippen molar-refractivity contribution in [3.8, 4) is 0 Å². The number of phosphoric ester groups is 1. The van der Waals surface area contributed by atoms with Crippen LogP contribution in [0.15, 0.2) is 33.5 Å². The Bertz CT molecular complexity index is 1160. The van der Waals surface area contributed by atoms with Crippen LogP contribution in [0.5, 0.6) is 0 Å². The van der Waals surface area contributed by atoms with Crippen LogP contribution in [0.2, 0.25) is 0 Å². The highest BCUT2D eigenvalue weighted by atomic mass is 31.3. The highest BCUT2D eigenvalue weighted by molar-refractivity contribution is 7.66. The number of phosphoric acid groups is 3. The normalized spacial score (nSPS) is 26.1. The summed E-state index contributed by atoms with van der Waals surface area (Å²) in [7, 11) is -16.9. The average molecular weight is 550 g/mol. The minimum absolute atomic E-state index is 0.169. The first kappa shape index (κ1) is 29.0. The van der Waals surface area contributed by atoms with Crippen molar-refractivity contribution in [3.05, 3.63) is 44.8 Å². The van der Waals surface area contributed by atoms with Gasteiger partial charge in [-0.3, -0.25) is 18.9 Å². The molecule has 0 aliphatic carbocycles. The quantitative estimate of drug-likeness (QED) is 0.164. The number of aliphatic hydroxyl groups is 1. The first-order valence-electron chi connectivity index (χ1n) is 9.65. The number of ether oxygens (including phenoxy) is 1. The molecule has 16 nitrogen and oxygen atoms in total. The number of hydrogen-bond donors (Lipinski definition) is 6. The molecule has 19 heteroatoms. The summed E-state index contributed by atoms with van der Waals surface area (Å²) in [6.07, 6.45) is -2.40. The predicted molar refractivity (Wildman–Crippen MR) is 113 cm³/mol. The highest BCUT2D eigenvalue weighted by Crippen LogP contribution is 2.66. The Labute approximate surface area is 192 Å². The first-order chi connectivity index (χ1) is 15.5. The molecule has 2 heterocycles. The second kappa shape index (κ2) is 11.2. The summed E-state index contributed by atoms with van der Waals surface area (Å²) < 4.78 is 53.7. The van der Waals surface area contributed by atoms with Gasteiger partial charge in [-0.05, 0) is 19.8 Å². The van der Waals surface area contributed by atoms with Gasteiger partial charge >= 0.3 is 29.2 Å². The van der Waals surface area contributed by atoms with Crippen molar-refractivity contribution in [1.29, 1.82) is 0 Å². The van der Waals surface area contributed by atoms with E-state index < -0.39 is 59.3 Å². The molecular weight excluding hydrogens is 525 g/mol. The summed E-state index contributed by atoms with van der Waals surface area (Å²) in [6.45, 7) is 3.55. The standard InChI is InChI=1S/C15H25N2O14P3/c1-3-9(2)4-5-11(29-33(24,25)31-34(26,27)30-32(21,22)23)14-10(18)8-13(28-14)17-7-6-12(19)16-15(17)20/h4,6-7,10-11,13-14,18H,3,5,8H2,1-2H3,(H,24,25)(H,26,27)(H,16,19,20)(H2,21,22,23)/t10-,11?,13+,14-/m0/s1. The van der Waals surface area contributed by atoms with E-state index in [1.165, 1.54) is 0 Å². The summed E-state index contributed by atoms with van der Waals surface area (Å²) in [4.78, 5) is 61.9. The third-order valence-electron chi connectivity index (χ3n) is 4.61. The van der Waals surface area contributed by atoms with Crippen LogP contribution < -0.4 is 11.2 Å². The van der Waals surface area contributed by atoms with Gasteiger partial charge in [0.1, 0.15) is 18.4 Å². The van der Waals surface area contributed by atoms with Gasteiger partial charge < -0.3 is 29.4 Å². The lowest BCUT2D eigenvalue weighted by Crippen LogP contribution is -2.36. The summed E-state index contributed by atoms with van der Waals surface area (Å²) in [5.41, 5.74) is -0.695. The van der Waals surface area contributed by atoms with Crippen molar-refractivity contribution in [3.63, 3.8) is 0 Å². The van der Waals surface area contributed by atoms with Crippen LogP contribution in [0.4, 0.5) is 0 Å². The van der Waals surface area contributed by atoms with Gasteiger partial charge in [-0.15, -0.1) is 0 Å². The fourth-order valence-corrected chi connectivity index (χ4v) is 6.21. The Hall–Kier alpha value is -1.25. The number of nitrogens with zero attached hydrogens (tertiary/aromatic N) is 1. The zero-order valence-corrected chi connectivity index (χ0v) is 20.5. The predicted octanol–water partition coefficient (Wildman–Crippen LogP) is 0.643. The Balaban J connectivity index is 2.29. The topological polar surface area (TPSA) is 244 Å². The number of allylic oxidation sites excluding steroid dienone is 1. The number of nitrogens with one attached hydrogen (secondary N) is 1. The van der Waals surface area contributed by atoms with Crippen molar-refractivity contribution < 1.29 is 56.3 Å². The molecule has 1 aromatic heterocycles. The highest BCUT2D eigenvalue weighted by Gasteiger charge is 2.46. The number of rotatable bonds is 11. The molecular formula is C15H25N2O14P3. The molecule has 0 amide bonds. The second-order valence-electron chi connectivity index (χ2n) is 7.25. The van der Waals surface area contributed by atoms with E-state index in [0.717, 1.165) is 22.4 Å². The fraction of sp³-hybridized carbons (Fsp3) is 0.600. The van der Waals surface area contributed by atoms with Crippen molar-refractivity contribution in [2.75, 3.05) is 0 Å². The van der Waals surface area contributed by atoms with E-state index in [2.05, 4.69) is 8.62 Å². The average Bonchev–Trinajstić information content (AvgIpc) is 3.02. The molecule has 0 radical (unpaired) electrons. The maximum Gasteiger partial charge on any atom is 0.490 e. The van der Waals surface area contributed by atoms with Gasteiger partial charge in [0.05, 0.1) is 6.10 Å². The molecule has 3 unspecified atom stereocenters. The van der Waals surface area contributed by atoms with Gasteiger partial charge in [-0.25, -0.2) is 18.5 Å². The summed E-state index contributed by atoms with van der Waals surface area (Å²) in [5.74, 6) is 0. The molecule has 0 spiro atoms. The summed E-state index contributed by atoms with van der Waals surface area (Å²) in [5, 5.41) is 10.5. The Morgan fingerprint density at radius 2 is 1.88 bits per heavy atom. The molecule has 6 atom stereocenters. The lowest BCUT2D eigenvalue weighted by atomic mass is 10.0. The van der Waals surface area contributed by atoms with E-state index >= 15 is 0 Å². The summed E-state index contributed by atoms with van der Waals surface area (Å²) >= 11 is 0. The molecule has 34 heavy (non-hydrogen) atoms. The number of hydrogen-bond acceptors (Lipinski definition) is 10. The minimum Gasteiger partial charge on any atom is -0.390 e. The van der Waals surface area contributed by atoms with Gasteiger partial charge in [-0.2, -0.15) is 8.62 Å². The summed E-state index contributed by atoms with van der Waals surface area (Å²) in [6, 6.07) is 1.04. The molecule has 2 rings (SSSR count). The molecule has 0 saturated carbocycles. The fourth-order valence-electron chi connectivity index (χ4n) is 3.01. The van der Waals surface area contributed by atoms with Crippen LogP contribution in [0.25, 0.3) is 0 Å². The Kier molecular flexibility index (Phi) is 9.56. The van der Waals surface area contributed by atoms with E-state index in [9.17, 15) is 38.2 Å². The zero-order chi connectivity index (χ0) is 25.9. The van der Waals surface area contributed by atoms with Crippen LogP contribution in [-0.4, -0.2) is 52.5 Å². The van der Waals surface area contributed by atoms with Gasteiger partial charge in [0.15, 0.2) is 0 Å². The molecule has 0 bridgehead atoms. The van der Waals surface area contributed by atoms with Crippen LogP contribution >= 0.6 is 23.5 Å². The molecule has 0 aromatic carbocycles. The largest absolute Gasteiger partial charge is 0.490 e. The number of aromatic amines is 1. The van der Waals surface area contributed by atoms with Crippen LogP contribution in [0, 0.1) is 0 Å². The zero-order valence-electron chi connectivity index (χ0n) is 17.9. The molecule has 194 valence electrons. The Morgan fingerprint density at radius 3 is 2.44 bits per heavy atom. The van der Waals surface area contributed by atoms with E-state index in [1.807, 2.05) is 11.9 Å². The Morgan fingerprint density at radius 1 is 1.24 bits per heavy atom. The van der Waals surface area contributed by atoms with Crippen molar-refractivity contribution in [2.45, 2.75) is 57.6 Å². The van der Waals surface area contributed by atoms with Crippen molar-refractivity contribution in [2.24, 2.45) is 0 Å². The molecule has 1 saturated heterocycles.